The number of rotatable bonds is 4. The van der Waals surface area contributed by atoms with Gasteiger partial charge in [0.2, 0.25) is 5.95 Å². The van der Waals surface area contributed by atoms with Gasteiger partial charge in [-0.1, -0.05) is 0 Å². The summed E-state index contributed by atoms with van der Waals surface area (Å²) in [6, 6.07) is 4.94. The minimum Gasteiger partial charge on any atom is -0.507 e. The maximum Gasteiger partial charge on any atom is 0.245 e. The van der Waals surface area contributed by atoms with Crippen LogP contribution in [-0.2, 0) is 0 Å². The van der Waals surface area contributed by atoms with E-state index < -0.39 is 11.7 Å². The van der Waals surface area contributed by atoms with Crippen LogP contribution in [0.3, 0.4) is 0 Å². The van der Waals surface area contributed by atoms with Crippen LogP contribution >= 0.6 is 0 Å². The molecular formula is C23H28FN7O. The summed E-state index contributed by atoms with van der Waals surface area (Å²) in [5.74, 6) is 0.451. The number of imidazole rings is 1. The number of aromatic nitrogens is 5. The van der Waals surface area contributed by atoms with Crippen LogP contribution in [0.15, 0.2) is 43.1 Å². The van der Waals surface area contributed by atoms with E-state index in [4.69, 9.17) is 0 Å². The van der Waals surface area contributed by atoms with E-state index >= 15 is 4.39 Å². The monoisotopic (exact) mass is 437 g/mol. The van der Waals surface area contributed by atoms with E-state index in [-0.39, 0.29) is 17.3 Å². The number of phenolic OH excluding ortho intramolecular Hbond substituents is 1. The topological polar surface area (TPSA) is 92.0 Å². The summed E-state index contributed by atoms with van der Waals surface area (Å²) in [5, 5.41) is 22.6. The molecule has 4 heterocycles. The van der Waals surface area contributed by atoms with Crippen molar-refractivity contribution in [2.45, 2.75) is 62.8 Å². The highest BCUT2D eigenvalue weighted by atomic mass is 19.1. The zero-order valence-corrected chi connectivity index (χ0v) is 18.5. The number of benzene rings is 1. The summed E-state index contributed by atoms with van der Waals surface area (Å²) < 4.78 is 17.3. The Morgan fingerprint density at radius 3 is 2.78 bits per heavy atom. The molecule has 2 fully saturated rings. The molecular weight excluding hydrogens is 409 g/mol. The van der Waals surface area contributed by atoms with Gasteiger partial charge in [0, 0.05) is 42.1 Å². The molecule has 8 nitrogen and oxygen atoms in total. The molecule has 2 aliphatic rings. The lowest BCUT2D eigenvalue weighted by Gasteiger charge is -2.56. The summed E-state index contributed by atoms with van der Waals surface area (Å²) in [4.78, 5) is 10.3. The van der Waals surface area contributed by atoms with Gasteiger partial charge in [-0.25, -0.2) is 14.4 Å². The predicted octanol–water partition coefficient (Wildman–Crippen LogP) is 3.27. The molecule has 0 unspecified atom stereocenters. The molecule has 2 aliphatic heterocycles. The van der Waals surface area contributed by atoms with Crippen LogP contribution < -0.4 is 10.2 Å². The Morgan fingerprint density at radius 1 is 1.25 bits per heavy atom. The van der Waals surface area contributed by atoms with E-state index in [0.717, 1.165) is 24.9 Å². The molecule has 2 saturated heterocycles. The summed E-state index contributed by atoms with van der Waals surface area (Å²) in [6.45, 7) is 4.16. The van der Waals surface area contributed by atoms with Crippen molar-refractivity contribution in [1.29, 1.82) is 0 Å². The van der Waals surface area contributed by atoms with Gasteiger partial charge in [-0.3, -0.25) is 0 Å². The molecule has 0 saturated carbocycles. The number of phenols is 1. The van der Waals surface area contributed by atoms with Crippen LogP contribution in [0.1, 0.15) is 39.5 Å². The lowest BCUT2D eigenvalue weighted by atomic mass is 9.68. The molecule has 5 rings (SSSR count). The number of alkyl halides is 1. The number of fused-ring (bicyclic) bond motifs is 2. The van der Waals surface area contributed by atoms with Crippen molar-refractivity contribution in [3.05, 3.63) is 43.1 Å². The Bertz CT molecular complexity index is 1110. The number of hydrogen-bond acceptors (Lipinski definition) is 7. The molecule has 2 aromatic heterocycles. The first-order chi connectivity index (χ1) is 15.3. The Labute approximate surface area is 186 Å². The van der Waals surface area contributed by atoms with Gasteiger partial charge in [0.15, 0.2) is 0 Å². The SMILES string of the molecule is CN(c1ncc(-c2ccc(-n3ccnc3)cc2O)nn1)[C@@H]1C[C@@]2(C)CCC[C@](C)(N2)[C@H]1F. The van der Waals surface area contributed by atoms with Crippen molar-refractivity contribution in [1.82, 2.24) is 30.0 Å². The number of anilines is 1. The minimum atomic E-state index is -1.04. The molecule has 32 heavy (non-hydrogen) atoms. The zero-order valence-electron chi connectivity index (χ0n) is 18.5. The molecule has 0 spiro atoms. The van der Waals surface area contributed by atoms with Gasteiger partial charge in [-0.15, -0.1) is 10.2 Å². The van der Waals surface area contributed by atoms with Gasteiger partial charge in [0.05, 0.1) is 24.3 Å². The van der Waals surface area contributed by atoms with Crippen LogP contribution in [0.4, 0.5) is 10.3 Å². The fraction of sp³-hybridized carbons (Fsp3) is 0.478. The highest BCUT2D eigenvalue weighted by molar-refractivity contribution is 5.68. The first-order valence-corrected chi connectivity index (χ1v) is 11.0. The maximum absolute atomic E-state index is 15.5. The largest absolute Gasteiger partial charge is 0.507 e. The smallest absolute Gasteiger partial charge is 0.245 e. The summed E-state index contributed by atoms with van der Waals surface area (Å²) in [7, 11) is 1.83. The second-order valence-corrected chi connectivity index (χ2v) is 9.56. The third-order valence-electron chi connectivity index (χ3n) is 7.04. The highest BCUT2D eigenvalue weighted by Crippen LogP contribution is 2.43. The van der Waals surface area contributed by atoms with Gasteiger partial charge >= 0.3 is 0 Å². The third kappa shape index (κ3) is 3.50. The first-order valence-electron chi connectivity index (χ1n) is 11.0. The van der Waals surface area contributed by atoms with Gasteiger partial charge in [-0.05, 0) is 51.7 Å². The molecule has 168 valence electrons. The van der Waals surface area contributed by atoms with Crippen molar-refractivity contribution in [3.8, 4) is 22.7 Å². The minimum absolute atomic E-state index is 0.0734. The first kappa shape index (κ1) is 20.8. The number of piperidine rings is 2. The van der Waals surface area contributed by atoms with Crippen LogP contribution in [0.5, 0.6) is 5.75 Å². The molecule has 0 amide bonds. The molecule has 9 heteroatoms. The predicted molar refractivity (Wildman–Crippen MR) is 120 cm³/mol. The second kappa shape index (κ2) is 7.51. The third-order valence-corrected chi connectivity index (χ3v) is 7.04. The Kier molecular flexibility index (Phi) is 4.88. The van der Waals surface area contributed by atoms with Crippen LogP contribution in [0, 0.1) is 0 Å². The van der Waals surface area contributed by atoms with E-state index in [0.29, 0.717) is 23.6 Å². The summed E-state index contributed by atoms with van der Waals surface area (Å²) in [5.41, 5.74) is 1.14. The molecule has 3 aromatic rings. The van der Waals surface area contributed by atoms with Crippen LogP contribution in [0.2, 0.25) is 0 Å². The number of aromatic hydroxyl groups is 1. The van der Waals surface area contributed by atoms with Crippen LogP contribution in [0.25, 0.3) is 16.9 Å². The molecule has 4 atom stereocenters. The average Bonchev–Trinajstić information content (AvgIpc) is 3.31. The summed E-state index contributed by atoms with van der Waals surface area (Å²) in [6.07, 6.45) is 9.24. The van der Waals surface area contributed by atoms with Crippen molar-refractivity contribution in [3.63, 3.8) is 0 Å². The number of nitrogens with zero attached hydrogens (tertiary/aromatic N) is 6. The van der Waals surface area contributed by atoms with E-state index in [2.05, 4.69) is 32.4 Å². The van der Waals surface area contributed by atoms with Crippen molar-refractivity contribution in [2.75, 3.05) is 11.9 Å². The van der Waals surface area contributed by atoms with Gasteiger partial charge < -0.3 is 19.9 Å². The summed E-state index contributed by atoms with van der Waals surface area (Å²) >= 11 is 0. The Balaban J connectivity index is 1.38. The Morgan fingerprint density at radius 2 is 2.09 bits per heavy atom. The fourth-order valence-electron chi connectivity index (χ4n) is 5.35. The quantitative estimate of drug-likeness (QED) is 0.647. The second-order valence-electron chi connectivity index (χ2n) is 9.56. The standard InChI is InChI=1S/C23H28FN7O/c1-22-7-4-8-23(2,29-22)20(24)18(12-22)30(3)21-26-13-17(27-28-21)16-6-5-15(11-19(16)32)31-10-9-25-14-31/h5-6,9-11,13-14,18,20,29,32H,4,7-8,12H2,1-3H3/t18-,20+,22-,23+/m1/s1. The van der Waals surface area contributed by atoms with E-state index in [1.807, 2.05) is 24.9 Å². The lowest BCUT2D eigenvalue weighted by molar-refractivity contribution is 0.00178. The molecule has 2 bridgehead atoms. The molecule has 0 aliphatic carbocycles. The van der Waals surface area contributed by atoms with Crippen molar-refractivity contribution >= 4 is 5.95 Å². The highest BCUT2D eigenvalue weighted by Gasteiger charge is 2.54. The van der Waals surface area contributed by atoms with Gasteiger partial charge in [0.25, 0.3) is 0 Å². The average molecular weight is 438 g/mol. The van der Waals surface area contributed by atoms with E-state index in [1.165, 1.54) is 0 Å². The van der Waals surface area contributed by atoms with Crippen LogP contribution in [-0.4, -0.2) is 60.2 Å². The van der Waals surface area contributed by atoms with E-state index in [1.54, 1.807) is 41.6 Å². The zero-order chi connectivity index (χ0) is 22.5. The lowest BCUT2D eigenvalue weighted by Crippen LogP contribution is -2.72. The number of nitrogens with one attached hydrogen (secondary N) is 1. The van der Waals surface area contributed by atoms with Crippen molar-refractivity contribution < 1.29 is 9.50 Å². The van der Waals surface area contributed by atoms with E-state index in [9.17, 15) is 5.11 Å². The fourth-order valence-corrected chi connectivity index (χ4v) is 5.35. The number of halogens is 1. The molecule has 1 aromatic carbocycles. The maximum atomic E-state index is 15.5. The normalized spacial score (nSPS) is 29.6. The van der Waals surface area contributed by atoms with Crippen molar-refractivity contribution in [2.24, 2.45) is 0 Å². The van der Waals surface area contributed by atoms with Gasteiger partial charge in [0.1, 0.15) is 17.6 Å². The van der Waals surface area contributed by atoms with Gasteiger partial charge in [-0.2, -0.15) is 0 Å². The Hall–Kier alpha value is -3.07. The molecule has 0 radical (unpaired) electrons. The number of hydrogen-bond donors (Lipinski definition) is 2. The molecule has 2 N–H and O–H groups in total.